The number of nitrogens with zero attached hydrogens (tertiary/aromatic N) is 1. The molecule has 7 heteroatoms. The van der Waals surface area contributed by atoms with Gasteiger partial charge in [-0.25, -0.2) is 9.38 Å². The van der Waals surface area contributed by atoms with Gasteiger partial charge in [0.1, 0.15) is 11.5 Å². The second kappa shape index (κ2) is 4.77. The van der Waals surface area contributed by atoms with E-state index in [4.69, 9.17) is 20.9 Å². The number of hydrogen-bond acceptors (Lipinski definition) is 6. The number of amidine groups is 1. The molecule has 0 fully saturated rings. The van der Waals surface area contributed by atoms with Crippen molar-refractivity contribution >= 4 is 5.84 Å². The van der Waals surface area contributed by atoms with Crippen LogP contribution in [0.2, 0.25) is 0 Å². The summed E-state index contributed by atoms with van der Waals surface area (Å²) in [5, 5.41) is 2.66. The van der Waals surface area contributed by atoms with Crippen molar-refractivity contribution in [2.45, 2.75) is 5.79 Å². The highest BCUT2D eigenvalue weighted by molar-refractivity contribution is 5.95. The first-order chi connectivity index (χ1) is 8.98. The first kappa shape index (κ1) is 13.2. The summed E-state index contributed by atoms with van der Waals surface area (Å²) < 4.78 is 23.5. The number of nitrogens with two attached hydrogens (primary N) is 2. The predicted octanol–water partition coefficient (Wildman–Crippen LogP) is 0.544. The molecule has 1 atom stereocenters. The van der Waals surface area contributed by atoms with Crippen LogP contribution < -0.4 is 26.3 Å². The molecule has 0 radical (unpaired) electrons. The summed E-state index contributed by atoms with van der Waals surface area (Å²) in [4.78, 5) is 3.92. The maximum atomic E-state index is 13.2. The number of hydrogen-bond donors (Lipinski definition) is 3. The van der Waals surface area contributed by atoms with Crippen LogP contribution in [0.4, 0.5) is 4.39 Å². The van der Waals surface area contributed by atoms with Crippen LogP contribution in [-0.2, 0) is 5.79 Å². The molecule has 0 aliphatic carbocycles. The molecule has 0 amide bonds. The molecule has 1 aromatic carbocycles. The maximum absolute atomic E-state index is 13.2. The number of rotatable bonds is 3. The van der Waals surface area contributed by atoms with Crippen molar-refractivity contribution in [3.63, 3.8) is 0 Å². The van der Waals surface area contributed by atoms with Gasteiger partial charge in [-0.05, 0) is 12.1 Å². The van der Waals surface area contributed by atoms with E-state index >= 15 is 0 Å². The van der Waals surface area contributed by atoms with Gasteiger partial charge in [0.05, 0.1) is 14.2 Å². The molecular weight excluding hydrogens is 251 g/mol. The predicted molar refractivity (Wildman–Crippen MR) is 69.4 cm³/mol. The van der Waals surface area contributed by atoms with Crippen LogP contribution in [0.3, 0.4) is 0 Å². The van der Waals surface area contributed by atoms with Crippen LogP contribution in [0, 0.1) is 0 Å². The van der Waals surface area contributed by atoms with Gasteiger partial charge in [-0.3, -0.25) is 5.73 Å². The minimum Gasteiger partial charge on any atom is -0.497 e. The van der Waals surface area contributed by atoms with E-state index in [0.29, 0.717) is 17.1 Å². The molecule has 0 saturated carbocycles. The van der Waals surface area contributed by atoms with Crippen molar-refractivity contribution < 1.29 is 13.9 Å². The topological polar surface area (TPSA) is 94.9 Å². The first-order valence-electron chi connectivity index (χ1n) is 5.50. The number of halogens is 1. The van der Waals surface area contributed by atoms with E-state index in [-0.39, 0.29) is 5.84 Å². The third kappa shape index (κ3) is 2.45. The van der Waals surface area contributed by atoms with Crippen LogP contribution in [0.25, 0.3) is 0 Å². The molecule has 6 nitrogen and oxygen atoms in total. The van der Waals surface area contributed by atoms with Gasteiger partial charge in [0.25, 0.3) is 0 Å². The van der Waals surface area contributed by atoms with Crippen molar-refractivity contribution in [2.75, 3.05) is 14.2 Å². The molecule has 19 heavy (non-hydrogen) atoms. The molecule has 5 N–H and O–H groups in total. The Kier molecular flexibility index (Phi) is 3.30. The Morgan fingerprint density at radius 3 is 2.26 bits per heavy atom. The Balaban J connectivity index is 2.47. The molecule has 1 unspecified atom stereocenters. The third-order valence-corrected chi connectivity index (χ3v) is 2.75. The summed E-state index contributed by atoms with van der Waals surface area (Å²) in [5.41, 5.74) is 12.1. The van der Waals surface area contributed by atoms with Crippen molar-refractivity contribution in [3.8, 4) is 11.5 Å². The van der Waals surface area contributed by atoms with Crippen LogP contribution in [0.1, 0.15) is 5.56 Å². The number of benzene rings is 1. The molecule has 0 spiro atoms. The van der Waals surface area contributed by atoms with E-state index < -0.39 is 11.6 Å². The van der Waals surface area contributed by atoms with Crippen LogP contribution in [-0.4, -0.2) is 20.1 Å². The lowest BCUT2D eigenvalue weighted by atomic mass is 10.1. The minimum atomic E-state index is -1.36. The van der Waals surface area contributed by atoms with Gasteiger partial charge in [0.2, 0.25) is 5.79 Å². The number of ether oxygens (including phenoxy) is 2. The van der Waals surface area contributed by atoms with Gasteiger partial charge in [-0.1, -0.05) is 0 Å². The zero-order valence-electron chi connectivity index (χ0n) is 10.6. The fraction of sp³-hybridized carbons (Fsp3) is 0.250. The van der Waals surface area contributed by atoms with Crippen molar-refractivity contribution in [1.29, 1.82) is 0 Å². The Hall–Kier alpha value is -2.28. The van der Waals surface area contributed by atoms with Crippen LogP contribution in [0.5, 0.6) is 11.5 Å². The molecule has 1 aliphatic heterocycles. The Bertz CT molecular complexity index is 536. The average molecular weight is 266 g/mol. The highest BCUT2D eigenvalue weighted by Gasteiger charge is 2.30. The lowest BCUT2D eigenvalue weighted by molar-refractivity contribution is 0.373. The number of nitrogens with one attached hydrogen (secondary N) is 1. The second-order valence-corrected chi connectivity index (χ2v) is 4.00. The van der Waals surface area contributed by atoms with Gasteiger partial charge in [-0.2, -0.15) is 0 Å². The second-order valence-electron chi connectivity index (χ2n) is 4.00. The molecule has 0 aromatic heterocycles. The van der Waals surface area contributed by atoms with Gasteiger partial charge in [-0.15, -0.1) is 0 Å². The van der Waals surface area contributed by atoms with Crippen molar-refractivity contribution in [2.24, 2.45) is 16.5 Å². The molecule has 102 valence electrons. The van der Waals surface area contributed by atoms with E-state index in [1.165, 1.54) is 14.2 Å². The van der Waals surface area contributed by atoms with Gasteiger partial charge in [0.15, 0.2) is 11.7 Å². The monoisotopic (exact) mass is 266 g/mol. The zero-order chi connectivity index (χ0) is 14.0. The fourth-order valence-corrected chi connectivity index (χ4v) is 1.70. The highest BCUT2D eigenvalue weighted by atomic mass is 19.1. The minimum absolute atomic E-state index is 0.261. The van der Waals surface area contributed by atoms with E-state index in [9.17, 15) is 4.39 Å². The Morgan fingerprint density at radius 1 is 1.21 bits per heavy atom. The smallest absolute Gasteiger partial charge is 0.211 e. The molecule has 0 bridgehead atoms. The molecule has 0 saturated heterocycles. The quantitative estimate of drug-likeness (QED) is 0.742. The van der Waals surface area contributed by atoms with E-state index in [0.717, 1.165) is 6.20 Å². The van der Waals surface area contributed by atoms with E-state index in [2.05, 4.69) is 10.3 Å². The summed E-state index contributed by atoms with van der Waals surface area (Å²) in [6, 6.07) is 5.03. The molecule has 1 heterocycles. The van der Waals surface area contributed by atoms with Crippen molar-refractivity contribution in [3.05, 3.63) is 35.8 Å². The molecule has 2 rings (SSSR count). The molecular formula is C12H15FN4O2. The van der Waals surface area contributed by atoms with Gasteiger partial charge < -0.3 is 20.5 Å². The summed E-state index contributed by atoms with van der Waals surface area (Å²) >= 11 is 0. The third-order valence-electron chi connectivity index (χ3n) is 2.75. The fourth-order valence-electron chi connectivity index (χ4n) is 1.70. The molecule has 1 aromatic rings. The summed E-state index contributed by atoms with van der Waals surface area (Å²) in [7, 11) is 3.04. The summed E-state index contributed by atoms with van der Waals surface area (Å²) in [6.07, 6.45) is 1.08. The Labute approximate surface area is 109 Å². The zero-order valence-corrected chi connectivity index (χ0v) is 10.6. The van der Waals surface area contributed by atoms with E-state index in [1.807, 2.05) is 0 Å². The SMILES string of the molecule is COc1cc(OC)cc(C2(N)N=C(N)C(F)=CN2)c1. The van der Waals surface area contributed by atoms with Gasteiger partial charge >= 0.3 is 0 Å². The first-order valence-corrected chi connectivity index (χ1v) is 5.50. The lowest BCUT2D eigenvalue weighted by Gasteiger charge is -2.29. The Morgan fingerprint density at radius 2 is 1.79 bits per heavy atom. The largest absolute Gasteiger partial charge is 0.497 e. The normalized spacial score (nSPS) is 22.1. The molecule has 1 aliphatic rings. The lowest BCUT2D eigenvalue weighted by Crippen LogP contribution is -2.50. The summed E-state index contributed by atoms with van der Waals surface area (Å²) in [5.74, 6) is -1.19. The number of aliphatic imine (C=N–C) groups is 1. The standard InChI is InChI=1S/C12H15FN4O2/c1-18-8-3-7(4-9(5-8)19-2)12(15)16-6-10(13)11(14)17-12/h3-6,16H,15H2,1-2H3,(H2,14,17). The van der Waals surface area contributed by atoms with Crippen LogP contribution in [0.15, 0.2) is 35.2 Å². The summed E-state index contributed by atoms with van der Waals surface area (Å²) in [6.45, 7) is 0. The highest BCUT2D eigenvalue weighted by Crippen LogP contribution is 2.29. The van der Waals surface area contributed by atoms with E-state index in [1.54, 1.807) is 18.2 Å². The average Bonchev–Trinajstić information content (AvgIpc) is 2.42. The van der Waals surface area contributed by atoms with Crippen molar-refractivity contribution in [1.82, 2.24) is 5.32 Å². The number of methoxy groups -OCH3 is 2. The maximum Gasteiger partial charge on any atom is 0.211 e. The van der Waals surface area contributed by atoms with Crippen LogP contribution >= 0.6 is 0 Å². The van der Waals surface area contributed by atoms with Gasteiger partial charge in [0, 0.05) is 17.8 Å².